The Balaban J connectivity index is 1.73. The van der Waals surface area contributed by atoms with Gasteiger partial charge in [0.05, 0.1) is 19.3 Å². The van der Waals surface area contributed by atoms with Crippen molar-refractivity contribution in [2.24, 2.45) is 11.8 Å². The maximum Gasteiger partial charge on any atom is 0.407 e. The second-order valence-corrected chi connectivity index (χ2v) is 6.50. The third-order valence-corrected chi connectivity index (χ3v) is 4.64. The van der Waals surface area contributed by atoms with E-state index >= 15 is 0 Å². The lowest BCUT2D eigenvalue weighted by Crippen LogP contribution is -2.32. The number of alkyl carbamates (subject to hydrolysis) is 1. The Kier molecular flexibility index (Phi) is 7.37. The maximum absolute atomic E-state index is 11.1. The number of carbonyl (C=O) groups is 1. The number of amides is 1. The smallest absolute Gasteiger partial charge is 0.407 e. The Morgan fingerprint density at radius 3 is 2.75 bits per heavy atom. The molecule has 0 radical (unpaired) electrons. The molecule has 0 heterocycles. The second-order valence-electron chi connectivity index (χ2n) is 6.50. The van der Waals surface area contributed by atoms with Gasteiger partial charge in [-0.1, -0.05) is 25.5 Å². The molecule has 0 aliphatic heterocycles. The summed E-state index contributed by atoms with van der Waals surface area (Å²) in [5, 5.41) is 12.9. The molecule has 5 heteroatoms. The molecule has 1 fully saturated rings. The van der Waals surface area contributed by atoms with Crippen molar-refractivity contribution >= 4 is 6.09 Å². The zero-order valence-electron chi connectivity index (χ0n) is 14.7. The number of ether oxygens (including phenoxy) is 2. The molecule has 1 aliphatic rings. The minimum Gasteiger partial charge on any atom is -0.492 e. The van der Waals surface area contributed by atoms with Crippen LogP contribution >= 0.6 is 0 Å². The van der Waals surface area contributed by atoms with Crippen LogP contribution in [0.2, 0.25) is 0 Å². The van der Waals surface area contributed by atoms with E-state index in [0.29, 0.717) is 31.6 Å². The maximum atomic E-state index is 11.1. The highest BCUT2D eigenvalue weighted by molar-refractivity contribution is 5.66. The van der Waals surface area contributed by atoms with Crippen molar-refractivity contribution in [2.75, 3.05) is 19.8 Å². The van der Waals surface area contributed by atoms with Crippen molar-refractivity contribution in [1.29, 1.82) is 0 Å². The average Bonchev–Trinajstić information content (AvgIpc) is 2.57. The first-order chi connectivity index (χ1) is 11.6. The lowest BCUT2D eigenvalue weighted by atomic mass is 9.77. The Labute approximate surface area is 144 Å². The molecule has 0 saturated heterocycles. The van der Waals surface area contributed by atoms with Crippen molar-refractivity contribution in [3.63, 3.8) is 0 Å². The summed E-state index contributed by atoms with van der Waals surface area (Å²) in [4.78, 5) is 11.1. The summed E-state index contributed by atoms with van der Waals surface area (Å²) in [7, 11) is 0. The molecule has 1 aromatic rings. The van der Waals surface area contributed by atoms with E-state index < -0.39 is 6.09 Å². The third-order valence-electron chi connectivity index (χ3n) is 4.64. The quantitative estimate of drug-likeness (QED) is 0.751. The molecule has 2 rings (SSSR count). The first kappa shape index (κ1) is 18.6. The molecule has 0 unspecified atom stereocenters. The average molecular weight is 335 g/mol. The van der Waals surface area contributed by atoms with Gasteiger partial charge in [0, 0.05) is 0 Å². The third kappa shape index (κ3) is 5.71. The molecule has 2 N–H and O–H groups in total. The number of benzene rings is 1. The highest BCUT2D eigenvalue weighted by Crippen LogP contribution is 2.31. The Hall–Kier alpha value is -1.75. The minimum atomic E-state index is -0.420. The fourth-order valence-electron chi connectivity index (χ4n) is 3.26. The van der Waals surface area contributed by atoms with E-state index in [-0.39, 0.29) is 6.10 Å². The Bertz CT molecular complexity index is 503. The van der Waals surface area contributed by atoms with E-state index in [1.165, 1.54) is 12.0 Å². The monoisotopic (exact) mass is 335 g/mol. The van der Waals surface area contributed by atoms with Crippen LogP contribution in [0.4, 0.5) is 4.79 Å². The number of hydrogen-bond acceptors (Lipinski definition) is 4. The fourth-order valence-corrected chi connectivity index (χ4v) is 3.26. The molecule has 0 spiro atoms. The number of rotatable bonds is 7. The van der Waals surface area contributed by atoms with Crippen LogP contribution in [0.1, 0.15) is 38.7 Å². The topological polar surface area (TPSA) is 67.8 Å². The van der Waals surface area contributed by atoms with E-state index in [4.69, 9.17) is 9.47 Å². The molecule has 24 heavy (non-hydrogen) atoms. The van der Waals surface area contributed by atoms with Gasteiger partial charge in [0.15, 0.2) is 0 Å². The van der Waals surface area contributed by atoms with Gasteiger partial charge in [-0.15, -0.1) is 0 Å². The van der Waals surface area contributed by atoms with Crippen molar-refractivity contribution in [2.45, 2.75) is 45.6 Å². The summed E-state index contributed by atoms with van der Waals surface area (Å²) in [6, 6.07) is 8.00. The normalized spacial score (nSPS) is 23.5. The second kappa shape index (κ2) is 9.52. The number of hydrogen-bond donors (Lipinski definition) is 2. The van der Waals surface area contributed by atoms with Gasteiger partial charge in [-0.2, -0.15) is 0 Å². The van der Waals surface area contributed by atoms with Crippen molar-refractivity contribution < 1.29 is 19.4 Å². The van der Waals surface area contributed by atoms with Gasteiger partial charge >= 0.3 is 6.09 Å². The molecule has 3 atom stereocenters. The molecule has 1 aliphatic carbocycles. The van der Waals surface area contributed by atoms with Crippen LogP contribution < -0.4 is 10.1 Å². The van der Waals surface area contributed by atoms with Gasteiger partial charge in [0.25, 0.3) is 0 Å². The molecule has 1 saturated carbocycles. The molecule has 5 nitrogen and oxygen atoms in total. The van der Waals surface area contributed by atoms with E-state index in [1.807, 2.05) is 12.1 Å². The lowest BCUT2D eigenvalue weighted by molar-refractivity contribution is 0.0254. The largest absolute Gasteiger partial charge is 0.492 e. The van der Waals surface area contributed by atoms with Gasteiger partial charge in [0.2, 0.25) is 0 Å². The lowest BCUT2D eigenvalue weighted by Gasteiger charge is -2.32. The van der Waals surface area contributed by atoms with Crippen LogP contribution in [0.15, 0.2) is 24.3 Å². The van der Waals surface area contributed by atoms with Crippen molar-refractivity contribution in [1.82, 2.24) is 5.32 Å². The van der Waals surface area contributed by atoms with Gasteiger partial charge in [-0.3, -0.25) is 0 Å². The van der Waals surface area contributed by atoms with E-state index in [2.05, 4.69) is 24.4 Å². The molecule has 1 amide bonds. The summed E-state index contributed by atoms with van der Waals surface area (Å²) in [5.74, 6) is 1.54. The van der Waals surface area contributed by atoms with Crippen LogP contribution in [0, 0.1) is 11.8 Å². The van der Waals surface area contributed by atoms with Gasteiger partial charge in [-0.05, 0) is 55.7 Å². The molecule has 0 bridgehead atoms. The highest BCUT2D eigenvalue weighted by Gasteiger charge is 2.28. The first-order valence-corrected chi connectivity index (χ1v) is 8.90. The van der Waals surface area contributed by atoms with Gasteiger partial charge in [-0.25, -0.2) is 4.79 Å². The van der Waals surface area contributed by atoms with Crippen LogP contribution in [-0.2, 0) is 11.2 Å². The van der Waals surface area contributed by atoms with Crippen LogP contribution in [-0.4, -0.2) is 37.1 Å². The summed E-state index contributed by atoms with van der Waals surface area (Å²) in [6.45, 7) is 5.08. The van der Waals surface area contributed by atoms with E-state index in [1.54, 1.807) is 6.92 Å². The van der Waals surface area contributed by atoms with Crippen molar-refractivity contribution in [3.05, 3.63) is 29.8 Å². The van der Waals surface area contributed by atoms with Crippen LogP contribution in [0.25, 0.3) is 0 Å². The minimum absolute atomic E-state index is 0.191. The predicted octanol–water partition coefficient (Wildman–Crippen LogP) is 3.15. The molecule has 1 aromatic carbocycles. The van der Waals surface area contributed by atoms with E-state index in [9.17, 15) is 9.90 Å². The standard InChI is InChI=1S/C19H29NO4/c1-3-23-19(22)20-11-12-24-17-9-7-15(8-10-17)13-16-6-4-5-14(2)18(16)21/h7-10,14,16,18,21H,3-6,11-13H2,1-2H3,(H,20,22)/t14-,16-,18+/m0/s1. The van der Waals surface area contributed by atoms with Gasteiger partial charge < -0.3 is 19.9 Å². The predicted molar refractivity (Wildman–Crippen MR) is 93.2 cm³/mol. The van der Waals surface area contributed by atoms with Crippen LogP contribution in [0.3, 0.4) is 0 Å². The number of nitrogens with one attached hydrogen (secondary N) is 1. The van der Waals surface area contributed by atoms with Gasteiger partial charge in [0.1, 0.15) is 12.4 Å². The molecule has 134 valence electrons. The summed E-state index contributed by atoms with van der Waals surface area (Å²) >= 11 is 0. The number of aliphatic hydroxyl groups excluding tert-OH is 1. The number of aliphatic hydroxyl groups is 1. The summed E-state index contributed by atoms with van der Waals surface area (Å²) in [5.41, 5.74) is 1.23. The highest BCUT2D eigenvalue weighted by atomic mass is 16.5. The summed E-state index contributed by atoms with van der Waals surface area (Å²) < 4.78 is 10.4. The Morgan fingerprint density at radius 1 is 1.29 bits per heavy atom. The first-order valence-electron chi connectivity index (χ1n) is 8.90. The summed E-state index contributed by atoms with van der Waals surface area (Å²) in [6.07, 6.45) is 3.74. The van der Waals surface area contributed by atoms with Crippen molar-refractivity contribution in [3.8, 4) is 5.75 Å². The fraction of sp³-hybridized carbons (Fsp3) is 0.632. The van der Waals surface area contributed by atoms with Crippen LogP contribution in [0.5, 0.6) is 5.75 Å². The number of carbonyl (C=O) groups excluding carboxylic acids is 1. The zero-order valence-corrected chi connectivity index (χ0v) is 14.7. The zero-order chi connectivity index (χ0) is 17.4. The Morgan fingerprint density at radius 2 is 2.04 bits per heavy atom. The van der Waals surface area contributed by atoms with E-state index in [0.717, 1.165) is 25.0 Å². The molecular weight excluding hydrogens is 306 g/mol. The molecule has 0 aromatic heterocycles. The molecular formula is C19H29NO4. The SMILES string of the molecule is CCOC(=O)NCCOc1ccc(C[C@@H]2CCC[C@H](C)[C@H]2O)cc1.